The van der Waals surface area contributed by atoms with E-state index in [9.17, 15) is 0 Å². The molecule has 58 valence electrons. The van der Waals surface area contributed by atoms with Crippen LogP contribution in [0.4, 0.5) is 0 Å². The van der Waals surface area contributed by atoms with E-state index in [-0.39, 0.29) is 5.41 Å². The van der Waals surface area contributed by atoms with Gasteiger partial charge in [-0.1, -0.05) is 10.2 Å². The van der Waals surface area contributed by atoms with Crippen molar-refractivity contribution in [2.24, 2.45) is 15.6 Å². The smallest absolute Gasteiger partial charge is 0.0315 e. The molecule has 1 fully saturated rings. The van der Waals surface area contributed by atoms with E-state index < -0.39 is 0 Å². The number of hydrogen-bond donors (Lipinski definition) is 0. The van der Waals surface area contributed by atoms with Crippen molar-refractivity contribution in [2.45, 2.75) is 12.8 Å². The lowest BCUT2D eigenvalue weighted by Gasteiger charge is -2.04. The van der Waals surface area contributed by atoms with Gasteiger partial charge in [0.05, 0.1) is 0 Å². The molecule has 0 N–H and O–H groups in total. The highest BCUT2D eigenvalue weighted by molar-refractivity contribution is 4.96. The molecule has 0 amide bonds. The molecular formula is C5H8N6. The minimum absolute atomic E-state index is 0.0124. The Bertz CT molecular complexity index is 207. The molecule has 1 rings (SSSR count). The lowest BCUT2D eigenvalue weighted by Crippen LogP contribution is -2.07. The van der Waals surface area contributed by atoms with Crippen LogP contribution in [0.25, 0.3) is 20.9 Å². The molecule has 6 heteroatoms. The van der Waals surface area contributed by atoms with Crippen LogP contribution in [0.5, 0.6) is 0 Å². The maximum Gasteiger partial charge on any atom is 0.0315 e. The molecule has 0 aromatic rings. The Morgan fingerprint density at radius 2 is 1.55 bits per heavy atom. The minimum Gasteiger partial charge on any atom is -0.0934 e. The van der Waals surface area contributed by atoms with Crippen molar-refractivity contribution in [3.05, 3.63) is 20.9 Å². The predicted octanol–water partition coefficient (Wildman–Crippen LogP) is 2.39. The Hall–Kier alpha value is -1.38. The van der Waals surface area contributed by atoms with Gasteiger partial charge in [0.1, 0.15) is 0 Å². The number of azide groups is 2. The zero-order valence-electron chi connectivity index (χ0n) is 6.01. The van der Waals surface area contributed by atoms with Gasteiger partial charge in [0.25, 0.3) is 0 Å². The summed E-state index contributed by atoms with van der Waals surface area (Å²) >= 11 is 0. The minimum atomic E-state index is 0.0124. The zero-order chi connectivity index (χ0) is 8.16. The highest BCUT2D eigenvalue weighted by Gasteiger charge is 2.40. The summed E-state index contributed by atoms with van der Waals surface area (Å²) in [4.78, 5) is 5.32. The van der Waals surface area contributed by atoms with Crippen LogP contribution in [0.15, 0.2) is 10.2 Å². The molecule has 0 atom stereocenters. The van der Waals surface area contributed by atoms with Crippen molar-refractivity contribution < 1.29 is 0 Å². The molecule has 1 saturated carbocycles. The Kier molecular flexibility index (Phi) is 2.21. The molecule has 1 aliphatic rings. The van der Waals surface area contributed by atoms with Gasteiger partial charge in [-0.25, -0.2) is 0 Å². The van der Waals surface area contributed by atoms with E-state index in [1.165, 1.54) is 0 Å². The second-order valence-electron chi connectivity index (χ2n) is 2.78. The van der Waals surface area contributed by atoms with E-state index >= 15 is 0 Å². The van der Waals surface area contributed by atoms with E-state index in [4.69, 9.17) is 11.1 Å². The van der Waals surface area contributed by atoms with E-state index in [0.717, 1.165) is 12.8 Å². The highest BCUT2D eigenvalue weighted by atomic mass is 15.2. The van der Waals surface area contributed by atoms with Crippen molar-refractivity contribution >= 4 is 0 Å². The second-order valence-corrected chi connectivity index (χ2v) is 2.78. The summed E-state index contributed by atoms with van der Waals surface area (Å²) in [5.74, 6) is 0. The Balaban J connectivity index is 2.40. The van der Waals surface area contributed by atoms with E-state index in [0.29, 0.717) is 13.1 Å². The largest absolute Gasteiger partial charge is 0.0934 e. The van der Waals surface area contributed by atoms with Crippen LogP contribution in [0, 0.1) is 5.41 Å². The first-order valence-corrected chi connectivity index (χ1v) is 3.35. The van der Waals surface area contributed by atoms with Gasteiger partial charge in [0.2, 0.25) is 0 Å². The Labute approximate surface area is 63.5 Å². The number of nitrogens with zero attached hydrogens (tertiary/aromatic N) is 6. The van der Waals surface area contributed by atoms with Gasteiger partial charge in [0, 0.05) is 22.9 Å². The molecule has 0 aromatic heterocycles. The third-order valence-corrected chi connectivity index (χ3v) is 1.90. The summed E-state index contributed by atoms with van der Waals surface area (Å²) in [7, 11) is 0. The number of rotatable bonds is 4. The van der Waals surface area contributed by atoms with Crippen LogP contribution in [-0.4, -0.2) is 13.1 Å². The standard InChI is InChI=1S/C5H8N6/c6-10-8-3-5(1-2-5)4-9-11-7/h1-4H2. The summed E-state index contributed by atoms with van der Waals surface area (Å²) in [6.07, 6.45) is 2.01. The van der Waals surface area contributed by atoms with Gasteiger partial charge in [-0.15, -0.1) is 0 Å². The fourth-order valence-electron chi connectivity index (χ4n) is 0.906. The first-order valence-electron chi connectivity index (χ1n) is 3.35. The summed E-state index contributed by atoms with van der Waals surface area (Å²) in [6.45, 7) is 0.922. The van der Waals surface area contributed by atoms with Crippen LogP contribution >= 0.6 is 0 Å². The molecule has 0 radical (unpaired) electrons. The molecule has 6 nitrogen and oxygen atoms in total. The molecule has 0 heterocycles. The van der Waals surface area contributed by atoms with Crippen molar-refractivity contribution in [1.82, 2.24) is 0 Å². The Morgan fingerprint density at radius 1 is 1.09 bits per heavy atom. The quantitative estimate of drug-likeness (QED) is 0.335. The van der Waals surface area contributed by atoms with E-state index in [1.54, 1.807) is 0 Å². The van der Waals surface area contributed by atoms with Gasteiger partial charge in [0.15, 0.2) is 0 Å². The third-order valence-electron chi connectivity index (χ3n) is 1.90. The van der Waals surface area contributed by atoms with E-state index in [1.807, 2.05) is 0 Å². The Morgan fingerprint density at radius 3 is 1.82 bits per heavy atom. The first kappa shape index (κ1) is 7.72. The average Bonchev–Trinajstić information content (AvgIpc) is 2.79. The van der Waals surface area contributed by atoms with Crippen LogP contribution in [0.3, 0.4) is 0 Å². The van der Waals surface area contributed by atoms with Gasteiger partial charge in [-0.05, 0) is 29.3 Å². The predicted molar refractivity (Wildman–Crippen MR) is 39.7 cm³/mol. The fraction of sp³-hybridized carbons (Fsp3) is 1.00. The molecule has 1 aliphatic carbocycles. The topological polar surface area (TPSA) is 97.5 Å². The molecule has 0 unspecified atom stereocenters. The number of hydrogen-bond acceptors (Lipinski definition) is 2. The first-order chi connectivity index (χ1) is 5.33. The van der Waals surface area contributed by atoms with Crippen LogP contribution in [-0.2, 0) is 0 Å². The molecule has 0 spiro atoms. The molecule has 0 aliphatic heterocycles. The maximum atomic E-state index is 8.04. The molecular weight excluding hydrogens is 144 g/mol. The highest BCUT2D eigenvalue weighted by Crippen LogP contribution is 2.46. The monoisotopic (exact) mass is 152 g/mol. The van der Waals surface area contributed by atoms with Gasteiger partial charge < -0.3 is 0 Å². The van der Waals surface area contributed by atoms with Gasteiger partial charge in [-0.2, -0.15) is 0 Å². The van der Waals surface area contributed by atoms with Crippen molar-refractivity contribution in [2.75, 3.05) is 13.1 Å². The third kappa shape index (κ3) is 2.04. The van der Waals surface area contributed by atoms with Gasteiger partial charge in [-0.3, -0.25) is 0 Å². The summed E-state index contributed by atoms with van der Waals surface area (Å²) < 4.78 is 0. The van der Waals surface area contributed by atoms with Crippen molar-refractivity contribution in [3.63, 3.8) is 0 Å². The van der Waals surface area contributed by atoms with Gasteiger partial charge >= 0.3 is 0 Å². The SMILES string of the molecule is [N-]=[N+]=NCC1(CN=[N+]=[N-])CC1. The average molecular weight is 152 g/mol. The van der Waals surface area contributed by atoms with Crippen molar-refractivity contribution in [3.8, 4) is 0 Å². The normalized spacial score (nSPS) is 17.8. The van der Waals surface area contributed by atoms with E-state index in [2.05, 4.69) is 20.1 Å². The molecule has 0 aromatic carbocycles. The summed E-state index contributed by atoms with van der Waals surface area (Å²) in [6, 6.07) is 0. The summed E-state index contributed by atoms with van der Waals surface area (Å²) in [5, 5.41) is 6.91. The maximum absolute atomic E-state index is 8.04. The van der Waals surface area contributed by atoms with Crippen LogP contribution in [0.1, 0.15) is 12.8 Å². The van der Waals surface area contributed by atoms with Crippen LogP contribution in [0.2, 0.25) is 0 Å². The molecule has 11 heavy (non-hydrogen) atoms. The fourth-order valence-corrected chi connectivity index (χ4v) is 0.906. The zero-order valence-corrected chi connectivity index (χ0v) is 6.01. The van der Waals surface area contributed by atoms with Crippen LogP contribution < -0.4 is 0 Å². The lowest BCUT2D eigenvalue weighted by atomic mass is 10.1. The summed E-state index contributed by atoms with van der Waals surface area (Å²) in [5.41, 5.74) is 16.1. The second kappa shape index (κ2) is 3.14. The molecule has 0 saturated heterocycles. The molecule has 0 bridgehead atoms. The lowest BCUT2D eigenvalue weighted by molar-refractivity contribution is 0.535. The van der Waals surface area contributed by atoms with Crippen molar-refractivity contribution in [1.29, 1.82) is 0 Å².